The van der Waals surface area contributed by atoms with Crippen LogP contribution in [0.4, 0.5) is 5.69 Å². The summed E-state index contributed by atoms with van der Waals surface area (Å²) in [5.41, 5.74) is 1.36. The van der Waals surface area contributed by atoms with Gasteiger partial charge in [0.15, 0.2) is 0 Å². The van der Waals surface area contributed by atoms with Gasteiger partial charge >= 0.3 is 66.6 Å². The molecule has 10 heavy (non-hydrogen) atoms. The second-order valence-electron chi connectivity index (χ2n) is 2.27. The molecule has 1 nitrogen and oxygen atoms in total. The zero-order valence-corrected chi connectivity index (χ0v) is 7.34. The zero-order valence-electron chi connectivity index (χ0n) is 5.63. The molecule has 2 heteroatoms. The van der Waals surface area contributed by atoms with Crippen LogP contribution in [0.2, 0.25) is 5.32 Å². The van der Waals surface area contributed by atoms with Crippen molar-refractivity contribution in [2.45, 2.75) is 5.32 Å². The van der Waals surface area contributed by atoms with E-state index >= 15 is 0 Å². The summed E-state index contributed by atoms with van der Waals surface area (Å²) in [4.78, 5) is 0. The predicted octanol–water partition coefficient (Wildman–Crippen LogP) is 0.860. The normalized spacial score (nSPS) is 15.6. The van der Waals surface area contributed by atoms with Crippen LogP contribution in [0.25, 0.3) is 0 Å². The summed E-state index contributed by atoms with van der Waals surface area (Å²) >= 11 is 0.724. The molecule has 1 N–H and O–H groups in total. The Morgan fingerprint density at radius 2 is 2.20 bits per heavy atom. The van der Waals surface area contributed by atoms with Gasteiger partial charge < -0.3 is 0 Å². The first-order valence-corrected chi connectivity index (χ1v) is 5.49. The summed E-state index contributed by atoms with van der Waals surface area (Å²) in [7, 11) is 0. The van der Waals surface area contributed by atoms with Gasteiger partial charge in [-0.25, -0.2) is 0 Å². The number of nitrogens with one attached hydrogen (secondary N) is 1. The number of benzene rings is 1. The predicted molar refractivity (Wildman–Crippen MR) is 45.1 cm³/mol. The monoisotopic (exact) mass is 199 g/mol. The second-order valence-corrected chi connectivity index (χ2v) is 4.66. The SMILES string of the molecule is c1ccc2c(c1)NCC[Se]2. The summed E-state index contributed by atoms with van der Waals surface area (Å²) in [6.07, 6.45) is 0. The molecule has 0 atom stereocenters. The molecule has 52 valence electrons. The van der Waals surface area contributed by atoms with Gasteiger partial charge in [-0.3, -0.25) is 0 Å². The first-order valence-electron chi connectivity index (χ1n) is 3.42. The van der Waals surface area contributed by atoms with E-state index in [1.807, 2.05) is 0 Å². The van der Waals surface area contributed by atoms with E-state index in [4.69, 9.17) is 0 Å². The van der Waals surface area contributed by atoms with E-state index in [1.54, 1.807) is 0 Å². The van der Waals surface area contributed by atoms with E-state index < -0.39 is 0 Å². The molecule has 1 aromatic carbocycles. The van der Waals surface area contributed by atoms with Crippen LogP contribution >= 0.6 is 0 Å². The van der Waals surface area contributed by atoms with E-state index in [-0.39, 0.29) is 0 Å². The molecular weight excluding hydrogens is 189 g/mol. The van der Waals surface area contributed by atoms with Gasteiger partial charge in [0.05, 0.1) is 0 Å². The fraction of sp³-hybridized carbons (Fsp3) is 0.250. The van der Waals surface area contributed by atoms with Crippen molar-refractivity contribution in [1.29, 1.82) is 0 Å². The van der Waals surface area contributed by atoms with Crippen molar-refractivity contribution < 1.29 is 0 Å². The summed E-state index contributed by atoms with van der Waals surface area (Å²) in [6.45, 7) is 1.16. The van der Waals surface area contributed by atoms with Crippen molar-refractivity contribution in [3.8, 4) is 0 Å². The van der Waals surface area contributed by atoms with Crippen LogP contribution < -0.4 is 9.78 Å². The number of fused-ring (bicyclic) bond motifs is 1. The standard InChI is InChI=1S/C8H9NSe/c1-2-4-8-7(3-1)9-5-6-10-8/h1-4,9H,5-6H2. The average Bonchev–Trinajstić information content (AvgIpc) is 2.05. The Labute approximate surface area is 67.0 Å². The number of anilines is 1. The fourth-order valence-corrected chi connectivity index (χ4v) is 2.96. The Hall–Kier alpha value is -0.461. The third-order valence-corrected chi connectivity index (χ3v) is 3.82. The topological polar surface area (TPSA) is 12.0 Å². The average molecular weight is 198 g/mol. The molecule has 0 saturated heterocycles. The van der Waals surface area contributed by atoms with Crippen molar-refractivity contribution in [1.82, 2.24) is 0 Å². The molecule has 2 rings (SSSR count). The molecule has 1 aliphatic heterocycles. The summed E-state index contributed by atoms with van der Waals surface area (Å²) in [5, 5.41) is 4.72. The van der Waals surface area contributed by atoms with Gasteiger partial charge in [0.1, 0.15) is 0 Å². The van der Waals surface area contributed by atoms with Crippen molar-refractivity contribution in [2.75, 3.05) is 11.9 Å². The van der Waals surface area contributed by atoms with E-state index in [2.05, 4.69) is 29.6 Å². The van der Waals surface area contributed by atoms with Crippen molar-refractivity contribution in [2.24, 2.45) is 0 Å². The molecule has 1 aromatic rings. The number of hydrogen-bond donors (Lipinski definition) is 1. The maximum atomic E-state index is 3.38. The van der Waals surface area contributed by atoms with E-state index in [9.17, 15) is 0 Å². The minimum atomic E-state index is 0.724. The van der Waals surface area contributed by atoms with Gasteiger partial charge in [-0.15, -0.1) is 0 Å². The van der Waals surface area contributed by atoms with Crippen molar-refractivity contribution >= 4 is 25.1 Å². The molecular formula is C8H9NSe. The molecule has 1 aliphatic rings. The molecule has 0 radical (unpaired) electrons. The van der Waals surface area contributed by atoms with E-state index in [0.717, 1.165) is 21.5 Å². The molecule has 1 heterocycles. The Balaban J connectivity index is 2.41. The van der Waals surface area contributed by atoms with Gasteiger partial charge in [-0.2, -0.15) is 0 Å². The fourth-order valence-electron chi connectivity index (χ4n) is 1.09. The summed E-state index contributed by atoms with van der Waals surface area (Å²) in [6, 6.07) is 8.60. The zero-order chi connectivity index (χ0) is 6.81. The van der Waals surface area contributed by atoms with Gasteiger partial charge in [0.2, 0.25) is 0 Å². The van der Waals surface area contributed by atoms with Crippen LogP contribution in [0, 0.1) is 0 Å². The first kappa shape index (κ1) is 6.26. The summed E-state index contributed by atoms with van der Waals surface area (Å²) in [5.74, 6) is 0. The molecule has 0 unspecified atom stereocenters. The second kappa shape index (κ2) is 2.65. The van der Waals surface area contributed by atoms with Crippen LogP contribution in [0.3, 0.4) is 0 Å². The van der Waals surface area contributed by atoms with Crippen LogP contribution in [0.15, 0.2) is 24.3 Å². The van der Waals surface area contributed by atoms with Crippen LogP contribution in [-0.2, 0) is 0 Å². The molecule has 0 saturated carbocycles. The Morgan fingerprint density at radius 1 is 1.30 bits per heavy atom. The van der Waals surface area contributed by atoms with Crippen molar-refractivity contribution in [3.63, 3.8) is 0 Å². The molecule has 0 spiro atoms. The Kier molecular flexibility index (Phi) is 1.66. The third kappa shape index (κ3) is 1.05. The third-order valence-electron chi connectivity index (χ3n) is 1.56. The minimum absolute atomic E-state index is 0.724. The van der Waals surface area contributed by atoms with Gasteiger partial charge in [0.25, 0.3) is 0 Å². The molecule has 0 fully saturated rings. The van der Waals surface area contributed by atoms with Gasteiger partial charge in [-0.1, -0.05) is 0 Å². The summed E-state index contributed by atoms with van der Waals surface area (Å²) < 4.78 is 1.53. The van der Waals surface area contributed by atoms with Gasteiger partial charge in [0, 0.05) is 0 Å². The maximum absolute atomic E-state index is 3.38. The number of hydrogen-bond acceptors (Lipinski definition) is 1. The molecule has 0 amide bonds. The van der Waals surface area contributed by atoms with E-state index in [0.29, 0.717) is 0 Å². The Bertz CT molecular complexity index is 209. The number of para-hydroxylation sites is 1. The van der Waals surface area contributed by atoms with Crippen LogP contribution in [0.5, 0.6) is 0 Å². The van der Waals surface area contributed by atoms with E-state index in [1.165, 1.54) is 15.5 Å². The number of rotatable bonds is 0. The molecule has 0 aromatic heterocycles. The Morgan fingerprint density at radius 3 is 3.10 bits per heavy atom. The first-order chi connectivity index (χ1) is 4.97. The quantitative estimate of drug-likeness (QED) is 0.609. The van der Waals surface area contributed by atoms with Gasteiger partial charge in [-0.05, 0) is 0 Å². The molecule has 0 aliphatic carbocycles. The van der Waals surface area contributed by atoms with Crippen LogP contribution in [0.1, 0.15) is 0 Å². The van der Waals surface area contributed by atoms with Crippen LogP contribution in [-0.4, -0.2) is 21.5 Å². The molecule has 0 bridgehead atoms. The van der Waals surface area contributed by atoms with Crippen molar-refractivity contribution in [3.05, 3.63) is 24.3 Å².